The van der Waals surface area contributed by atoms with Gasteiger partial charge >= 0.3 is 0 Å². The van der Waals surface area contributed by atoms with E-state index < -0.39 is 0 Å². The highest BCUT2D eigenvalue weighted by Crippen LogP contribution is 2.30. The lowest BCUT2D eigenvalue weighted by atomic mass is 10.0. The maximum Gasteiger partial charge on any atom is 0.0705 e. The molecule has 4 rings (SSSR count). The Morgan fingerprint density at radius 1 is 1.14 bits per heavy atom. The standard InChI is InChI=1S/C17H22ClN3/c18-17-14-3-1-2-4-15(14)20-16(17)11-19-12-7-9-21(10-8-12)13-5-6-13/h1-4,12-13,19-20H,5-11H2. The molecule has 2 aromatic rings. The summed E-state index contributed by atoms with van der Waals surface area (Å²) in [5.74, 6) is 0. The number of hydrogen-bond acceptors (Lipinski definition) is 2. The van der Waals surface area contributed by atoms with Crippen LogP contribution in [0.5, 0.6) is 0 Å². The molecular weight excluding hydrogens is 282 g/mol. The molecule has 1 aromatic carbocycles. The lowest BCUT2D eigenvalue weighted by molar-refractivity contribution is 0.189. The molecule has 2 N–H and O–H groups in total. The molecule has 0 spiro atoms. The molecule has 0 radical (unpaired) electrons. The molecule has 1 aliphatic heterocycles. The molecule has 21 heavy (non-hydrogen) atoms. The van der Waals surface area contributed by atoms with Gasteiger partial charge in [-0.25, -0.2) is 0 Å². The Kier molecular flexibility index (Phi) is 3.66. The van der Waals surface area contributed by atoms with Crippen molar-refractivity contribution in [2.75, 3.05) is 13.1 Å². The lowest BCUT2D eigenvalue weighted by Gasteiger charge is -2.32. The number of nitrogens with zero attached hydrogens (tertiary/aromatic N) is 1. The highest BCUT2D eigenvalue weighted by molar-refractivity contribution is 6.36. The van der Waals surface area contributed by atoms with E-state index in [0.717, 1.165) is 34.2 Å². The second kappa shape index (κ2) is 5.64. The Balaban J connectivity index is 1.36. The van der Waals surface area contributed by atoms with Gasteiger partial charge in [-0.05, 0) is 44.8 Å². The average molecular weight is 304 g/mol. The summed E-state index contributed by atoms with van der Waals surface area (Å²) in [6, 6.07) is 9.77. The molecule has 3 nitrogen and oxygen atoms in total. The summed E-state index contributed by atoms with van der Waals surface area (Å²) >= 11 is 6.47. The molecule has 4 heteroatoms. The molecule has 1 aromatic heterocycles. The van der Waals surface area contributed by atoms with Gasteiger partial charge in [0.25, 0.3) is 0 Å². The largest absolute Gasteiger partial charge is 0.356 e. The Morgan fingerprint density at radius 3 is 2.62 bits per heavy atom. The molecule has 0 bridgehead atoms. The van der Waals surface area contributed by atoms with Crippen molar-refractivity contribution in [1.29, 1.82) is 0 Å². The van der Waals surface area contributed by atoms with Crippen LogP contribution < -0.4 is 5.32 Å². The topological polar surface area (TPSA) is 31.1 Å². The van der Waals surface area contributed by atoms with Crippen molar-refractivity contribution in [1.82, 2.24) is 15.2 Å². The van der Waals surface area contributed by atoms with Crippen molar-refractivity contribution in [3.63, 3.8) is 0 Å². The maximum atomic E-state index is 6.47. The van der Waals surface area contributed by atoms with Crippen LogP contribution in [-0.2, 0) is 6.54 Å². The maximum absolute atomic E-state index is 6.47. The Bertz CT molecular complexity index is 624. The van der Waals surface area contributed by atoms with Crippen molar-refractivity contribution in [3.8, 4) is 0 Å². The van der Waals surface area contributed by atoms with Gasteiger partial charge in [0.2, 0.25) is 0 Å². The third kappa shape index (κ3) is 2.83. The predicted molar refractivity (Wildman–Crippen MR) is 87.8 cm³/mol. The van der Waals surface area contributed by atoms with E-state index >= 15 is 0 Å². The second-order valence-electron chi connectivity index (χ2n) is 6.39. The second-order valence-corrected chi connectivity index (χ2v) is 6.76. The summed E-state index contributed by atoms with van der Waals surface area (Å²) in [6.45, 7) is 3.34. The summed E-state index contributed by atoms with van der Waals surface area (Å²) in [4.78, 5) is 6.10. The van der Waals surface area contributed by atoms with Crippen LogP contribution in [0.1, 0.15) is 31.4 Å². The van der Waals surface area contributed by atoms with Crippen LogP contribution in [0.3, 0.4) is 0 Å². The minimum Gasteiger partial charge on any atom is -0.356 e. The highest BCUT2D eigenvalue weighted by atomic mass is 35.5. The summed E-state index contributed by atoms with van der Waals surface area (Å²) in [5, 5.41) is 5.67. The molecule has 112 valence electrons. The van der Waals surface area contributed by atoms with Crippen LogP contribution in [0, 0.1) is 0 Å². The smallest absolute Gasteiger partial charge is 0.0705 e. The zero-order valence-electron chi connectivity index (χ0n) is 12.2. The quantitative estimate of drug-likeness (QED) is 0.905. The average Bonchev–Trinajstić information content (AvgIpc) is 3.32. The molecule has 2 fully saturated rings. The van der Waals surface area contributed by atoms with Gasteiger partial charge in [0.15, 0.2) is 0 Å². The first kappa shape index (κ1) is 13.6. The van der Waals surface area contributed by atoms with Gasteiger partial charge < -0.3 is 15.2 Å². The normalized spacial score (nSPS) is 21.2. The number of aromatic amines is 1. The van der Waals surface area contributed by atoms with E-state index in [1.54, 1.807) is 0 Å². The number of H-pyrrole nitrogens is 1. The van der Waals surface area contributed by atoms with Crippen LogP contribution in [-0.4, -0.2) is 35.1 Å². The number of likely N-dealkylation sites (tertiary alicyclic amines) is 1. The first-order chi connectivity index (χ1) is 10.3. The molecule has 1 saturated carbocycles. The van der Waals surface area contributed by atoms with Crippen LogP contribution in [0.25, 0.3) is 10.9 Å². The number of nitrogens with one attached hydrogen (secondary N) is 2. The number of halogens is 1. The van der Waals surface area contributed by atoms with Crippen LogP contribution in [0.4, 0.5) is 0 Å². The predicted octanol–water partition coefficient (Wildman–Crippen LogP) is 3.54. The Labute approximate surface area is 130 Å². The van der Waals surface area contributed by atoms with Crippen molar-refractivity contribution >= 4 is 22.5 Å². The van der Waals surface area contributed by atoms with Crippen molar-refractivity contribution in [2.24, 2.45) is 0 Å². The van der Waals surface area contributed by atoms with Gasteiger partial charge in [-0.3, -0.25) is 0 Å². The van der Waals surface area contributed by atoms with E-state index in [-0.39, 0.29) is 0 Å². The molecule has 2 heterocycles. The van der Waals surface area contributed by atoms with Gasteiger partial charge in [-0.1, -0.05) is 29.8 Å². The Morgan fingerprint density at radius 2 is 1.90 bits per heavy atom. The summed E-state index contributed by atoms with van der Waals surface area (Å²) in [5.41, 5.74) is 2.24. The third-order valence-electron chi connectivity index (χ3n) is 4.87. The van der Waals surface area contributed by atoms with Crippen LogP contribution in [0.15, 0.2) is 24.3 Å². The minimum absolute atomic E-state index is 0.627. The number of para-hydroxylation sites is 1. The number of fused-ring (bicyclic) bond motifs is 1. The van der Waals surface area contributed by atoms with Gasteiger partial charge in [0, 0.05) is 35.2 Å². The molecule has 2 aliphatic rings. The summed E-state index contributed by atoms with van der Waals surface area (Å²) in [7, 11) is 0. The first-order valence-electron chi connectivity index (χ1n) is 8.04. The van der Waals surface area contributed by atoms with Crippen molar-refractivity contribution in [2.45, 2.75) is 44.3 Å². The highest BCUT2D eigenvalue weighted by Gasteiger charge is 2.31. The van der Waals surface area contributed by atoms with E-state index in [2.05, 4.69) is 27.3 Å². The molecule has 1 aliphatic carbocycles. The van der Waals surface area contributed by atoms with E-state index in [0.29, 0.717) is 6.04 Å². The van der Waals surface area contributed by atoms with Gasteiger partial charge in [0.1, 0.15) is 0 Å². The number of hydrogen-bond donors (Lipinski definition) is 2. The van der Waals surface area contributed by atoms with E-state index in [9.17, 15) is 0 Å². The van der Waals surface area contributed by atoms with E-state index in [1.807, 2.05) is 12.1 Å². The third-order valence-corrected chi connectivity index (χ3v) is 5.31. The van der Waals surface area contributed by atoms with Gasteiger partial charge in [0.05, 0.1) is 5.02 Å². The number of piperidine rings is 1. The summed E-state index contributed by atoms with van der Waals surface area (Å²) in [6.07, 6.45) is 5.36. The number of benzene rings is 1. The molecule has 0 atom stereocenters. The lowest BCUT2D eigenvalue weighted by Crippen LogP contribution is -2.43. The minimum atomic E-state index is 0.627. The van der Waals surface area contributed by atoms with Crippen LogP contribution >= 0.6 is 11.6 Å². The first-order valence-corrected chi connectivity index (χ1v) is 8.41. The SMILES string of the molecule is Clc1c(CNC2CCN(C3CC3)CC2)[nH]c2ccccc12. The van der Waals surface area contributed by atoms with E-state index in [4.69, 9.17) is 11.6 Å². The zero-order chi connectivity index (χ0) is 14.2. The molecule has 0 unspecified atom stereocenters. The fraction of sp³-hybridized carbons (Fsp3) is 0.529. The van der Waals surface area contributed by atoms with Gasteiger partial charge in [-0.2, -0.15) is 0 Å². The fourth-order valence-electron chi connectivity index (χ4n) is 3.44. The van der Waals surface area contributed by atoms with Crippen LogP contribution in [0.2, 0.25) is 5.02 Å². The van der Waals surface area contributed by atoms with E-state index in [1.165, 1.54) is 38.8 Å². The zero-order valence-corrected chi connectivity index (χ0v) is 13.0. The Hall–Kier alpha value is -1.03. The monoisotopic (exact) mass is 303 g/mol. The molecule has 0 amide bonds. The fourth-order valence-corrected chi connectivity index (χ4v) is 3.72. The van der Waals surface area contributed by atoms with Gasteiger partial charge in [-0.15, -0.1) is 0 Å². The van der Waals surface area contributed by atoms with Crippen molar-refractivity contribution < 1.29 is 0 Å². The molecule has 1 saturated heterocycles. The van der Waals surface area contributed by atoms with Crippen molar-refractivity contribution in [3.05, 3.63) is 35.0 Å². The molecular formula is C17H22ClN3. The number of rotatable bonds is 4. The summed E-state index contributed by atoms with van der Waals surface area (Å²) < 4.78 is 0. The number of aromatic nitrogens is 1.